The van der Waals surface area contributed by atoms with Crippen LogP contribution in [-0.4, -0.2) is 17.7 Å². The van der Waals surface area contributed by atoms with Crippen molar-refractivity contribution in [1.29, 1.82) is 0 Å². The lowest BCUT2D eigenvalue weighted by atomic mass is 9.83. The van der Waals surface area contributed by atoms with Crippen LogP contribution in [-0.2, 0) is 16.6 Å². The molecule has 0 saturated carbocycles. The molecule has 1 heterocycles. The molecule has 0 bridgehead atoms. The highest BCUT2D eigenvalue weighted by molar-refractivity contribution is 5.81. The van der Waals surface area contributed by atoms with E-state index in [1.165, 1.54) is 0 Å². The molecule has 1 N–H and O–H groups in total. The Morgan fingerprint density at radius 2 is 2.20 bits per heavy atom. The first kappa shape index (κ1) is 10.0. The van der Waals surface area contributed by atoms with Crippen LogP contribution in [0, 0.1) is 0 Å². The van der Waals surface area contributed by atoms with E-state index in [0.29, 0.717) is 6.61 Å². The van der Waals surface area contributed by atoms with Crippen LogP contribution < -0.4 is 4.74 Å². The quantitative estimate of drug-likeness (QED) is 0.804. The summed E-state index contributed by atoms with van der Waals surface area (Å²) in [6.45, 7) is 4.06. The molecule has 15 heavy (non-hydrogen) atoms. The number of carboxylic acids is 1. The van der Waals surface area contributed by atoms with Crippen LogP contribution in [0.4, 0.5) is 0 Å². The minimum absolute atomic E-state index is 0.655. The number of ether oxygens (including phenoxy) is 1. The van der Waals surface area contributed by atoms with Gasteiger partial charge in [-0.15, -0.1) is 0 Å². The Hall–Kier alpha value is -1.51. The Kier molecular flexibility index (Phi) is 2.18. The van der Waals surface area contributed by atoms with E-state index in [4.69, 9.17) is 4.74 Å². The number of carbonyl (C=O) groups is 1. The van der Waals surface area contributed by atoms with Gasteiger partial charge in [-0.3, -0.25) is 4.79 Å². The smallest absolute Gasteiger partial charge is 0.313 e. The summed E-state index contributed by atoms with van der Waals surface area (Å²) in [4.78, 5) is 11.2. The van der Waals surface area contributed by atoms with Crippen molar-refractivity contribution in [2.24, 2.45) is 0 Å². The van der Waals surface area contributed by atoms with Crippen LogP contribution in [0.15, 0.2) is 18.2 Å². The van der Waals surface area contributed by atoms with Gasteiger partial charge in [-0.05, 0) is 19.4 Å². The highest BCUT2D eigenvalue weighted by Crippen LogP contribution is 2.37. The summed E-state index contributed by atoms with van der Waals surface area (Å²) in [5.41, 5.74) is 0.988. The molecule has 1 aliphatic heterocycles. The zero-order valence-corrected chi connectivity index (χ0v) is 8.91. The summed E-state index contributed by atoms with van der Waals surface area (Å²) in [7, 11) is 0. The Morgan fingerprint density at radius 1 is 1.47 bits per heavy atom. The summed E-state index contributed by atoms with van der Waals surface area (Å²) in [6.07, 6.45) is 0.874. The highest BCUT2D eigenvalue weighted by Gasteiger charge is 2.34. The van der Waals surface area contributed by atoms with E-state index < -0.39 is 11.4 Å². The van der Waals surface area contributed by atoms with Crippen molar-refractivity contribution in [2.45, 2.75) is 25.7 Å². The number of hydrogen-bond acceptors (Lipinski definition) is 2. The van der Waals surface area contributed by atoms with Crippen molar-refractivity contribution in [3.05, 3.63) is 29.3 Å². The van der Waals surface area contributed by atoms with Gasteiger partial charge in [-0.2, -0.15) is 0 Å². The van der Waals surface area contributed by atoms with Crippen molar-refractivity contribution in [3.8, 4) is 5.75 Å². The van der Waals surface area contributed by atoms with Crippen molar-refractivity contribution >= 4 is 5.97 Å². The Balaban J connectivity index is 2.54. The Morgan fingerprint density at radius 3 is 2.87 bits per heavy atom. The van der Waals surface area contributed by atoms with Gasteiger partial charge >= 0.3 is 5.97 Å². The summed E-state index contributed by atoms with van der Waals surface area (Å²) in [5.74, 6) is -0.0590. The van der Waals surface area contributed by atoms with Crippen LogP contribution in [0.2, 0.25) is 0 Å². The standard InChI is InChI=1S/C12H14O3/c1-12(2,11(13)14)9-5-3-4-8-6-7-15-10(8)9/h3-5H,6-7H2,1-2H3,(H,13,14). The third kappa shape index (κ3) is 1.48. The maximum absolute atomic E-state index is 11.2. The summed E-state index contributed by atoms with van der Waals surface area (Å²) in [5, 5.41) is 9.17. The zero-order chi connectivity index (χ0) is 11.1. The van der Waals surface area contributed by atoms with Crippen LogP contribution in [0.25, 0.3) is 0 Å². The molecule has 3 heteroatoms. The third-order valence-electron chi connectivity index (χ3n) is 2.92. The molecule has 0 radical (unpaired) electrons. The number of aliphatic carboxylic acids is 1. The minimum Gasteiger partial charge on any atom is -0.493 e. The molecule has 3 nitrogen and oxygen atoms in total. The second-order valence-electron chi connectivity index (χ2n) is 4.32. The molecule has 0 aromatic heterocycles. The van der Waals surface area contributed by atoms with Gasteiger partial charge in [0.1, 0.15) is 5.75 Å². The van der Waals surface area contributed by atoms with E-state index in [2.05, 4.69) is 0 Å². The first-order valence-corrected chi connectivity index (χ1v) is 5.02. The Labute approximate surface area is 88.7 Å². The molecule has 80 valence electrons. The fourth-order valence-electron chi connectivity index (χ4n) is 1.82. The summed E-state index contributed by atoms with van der Waals surface area (Å²) >= 11 is 0. The van der Waals surface area contributed by atoms with Gasteiger partial charge in [0.25, 0.3) is 0 Å². The maximum atomic E-state index is 11.2. The fraction of sp³-hybridized carbons (Fsp3) is 0.417. The van der Waals surface area contributed by atoms with Gasteiger partial charge in [-0.1, -0.05) is 18.2 Å². The molecular weight excluding hydrogens is 192 g/mol. The average molecular weight is 206 g/mol. The molecule has 0 aliphatic carbocycles. The molecule has 0 saturated heterocycles. The van der Waals surface area contributed by atoms with Gasteiger partial charge in [-0.25, -0.2) is 0 Å². The number of benzene rings is 1. The van der Waals surface area contributed by atoms with E-state index in [9.17, 15) is 9.90 Å². The predicted octanol–water partition coefficient (Wildman–Crippen LogP) is 1.98. The lowest BCUT2D eigenvalue weighted by Crippen LogP contribution is -2.28. The van der Waals surface area contributed by atoms with Crippen LogP contribution >= 0.6 is 0 Å². The second kappa shape index (κ2) is 3.26. The molecule has 0 fully saturated rings. The average Bonchev–Trinajstić information content (AvgIpc) is 2.64. The summed E-state index contributed by atoms with van der Waals surface area (Å²) in [6, 6.07) is 5.72. The van der Waals surface area contributed by atoms with Gasteiger partial charge < -0.3 is 9.84 Å². The largest absolute Gasteiger partial charge is 0.493 e. The third-order valence-corrected chi connectivity index (χ3v) is 2.92. The van der Waals surface area contributed by atoms with E-state index in [1.807, 2.05) is 18.2 Å². The van der Waals surface area contributed by atoms with Crippen molar-refractivity contribution in [1.82, 2.24) is 0 Å². The number of rotatable bonds is 2. The SMILES string of the molecule is CC(C)(C(=O)O)c1cccc2c1OCC2. The lowest BCUT2D eigenvalue weighted by molar-refractivity contribution is -0.142. The van der Waals surface area contributed by atoms with Crippen LogP contribution in [0.1, 0.15) is 25.0 Å². The van der Waals surface area contributed by atoms with Gasteiger partial charge in [0.05, 0.1) is 12.0 Å². The molecule has 0 atom stereocenters. The number of hydrogen-bond donors (Lipinski definition) is 1. The van der Waals surface area contributed by atoms with Crippen molar-refractivity contribution in [3.63, 3.8) is 0 Å². The normalized spacial score (nSPS) is 14.5. The molecule has 1 aliphatic rings. The van der Waals surface area contributed by atoms with Crippen molar-refractivity contribution < 1.29 is 14.6 Å². The Bertz CT molecular complexity index is 407. The number of fused-ring (bicyclic) bond motifs is 1. The van der Waals surface area contributed by atoms with Crippen molar-refractivity contribution in [2.75, 3.05) is 6.61 Å². The maximum Gasteiger partial charge on any atom is 0.313 e. The molecule has 1 aromatic rings. The molecule has 0 spiro atoms. The first-order chi connectivity index (χ1) is 7.03. The molecule has 0 unspecified atom stereocenters. The molecular formula is C12H14O3. The topological polar surface area (TPSA) is 46.5 Å². The second-order valence-corrected chi connectivity index (χ2v) is 4.32. The van der Waals surface area contributed by atoms with E-state index >= 15 is 0 Å². The summed E-state index contributed by atoms with van der Waals surface area (Å²) < 4.78 is 5.50. The van der Waals surface area contributed by atoms with Gasteiger partial charge in [0, 0.05) is 12.0 Å². The fourth-order valence-corrected chi connectivity index (χ4v) is 1.82. The number of carboxylic acid groups (broad SMARTS) is 1. The van der Waals surface area contributed by atoms with E-state index in [0.717, 1.165) is 23.3 Å². The monoisotopic (exact) mass is 206 g/mol. The molecule has 1 aromatic carbocycles. The van der Waals surface area contributed by atoms with Crippen LogP contribution in [0.3, 0.4) is 0 Å². The molecule has 2 rings (SSSR count). The van der Waals surface area contributed by atoms with E-state index in [-0.39, 0.29) is 0 Å². The highest BCUT2D eigenvalue weighted by atomic mass is 16.5. The lowest BCUT2D eigenvalue weighted by Gasteiger charge is -2.21. The van der Waals surface area contributed by atoms with Gasteiger partial charge in [0.15, 0.2) is 0 Å². The first-order valence-electron chi connectivity index (χ1n) is 5.02. The van der Waals surface area contributed by atoms with Gasteiger partial charge in [0.2, 0.25) is 0 Å². The van der Waals surface area contributed by atoms with E-state index in [1.54, 1.807) is 13.8 Å². The minimum atomic E-state index is -0.893. The zero-order valence-electron chi connectivity index (χ0n) is 8.91. The predicted molar refractivity (Wildman–Crippen MR) is 56.3 cm³/mol. The number of para-hydroxylation sites is 1. The molecule has 0 amide bonds. The van der Waals surface area contributed by atoms with Crippen LogP contribution in [0.5, 0.6) is 5.75 Å².